The number of ether oxygens (including phenoxy) is 1. The lowest BCUT2D eigenvalue weighted by Crippen LogP contribution is -2.50. The maximum Gasteiger partial charge on any atom is 0.408 e. The van der Waals surface area contributed by atoms with Crippen LogP contribution in [0.25, 0.3) is 0 Å². The standard InChI is InChI=1S/C16H21N2O4/c1-12(2)14(15(20)17-9-6-10-19)18-16(21)22-11-13-7-4-3-5-8-13/h3-5,7-8,12,14H,6,9,11H2,1-2H3,(H,17,20)(H,18,21)/t14-/m0/s1. The smallest absolute Gasteiger partial charge is 0.408 e. The molecule has 2 amide bonds. The third kappa shape index (κ3) is 6.39. The van der Waals surface area contributed by atoms with Gasteiger partial charge in [-0.05, 0) is 11.5 Å². The summed E-state index contributed by atoms with van der Waals surface area (Å²) in [5, 5.41) is 5.11. The number of alkyl carbamates (subject to hydrolysis) is 1. The maximum atomic E-state index is 12.0. The first-order chi connectivity index (χ1) is 10.5. The predicted molar refractivity (Wildman–Crippen MR) is 81.7 cm³/mol. The van der Waals surface area contributed by atoms with E-state index in [1.165, 1.54) is 0 Å². The van der Waals surface area contributed by atoms with Gasteiger partial charge in [0.05, 0.1) is 0 Å². The molecule has 0 spiro atoms. The Morgan fingerprint density at radius 2 is 1.91 bits per heavy atom. The molecule has 0 saturated heterocycles. The average molecular weight is 305 g/mol. The van der Waals surface area contributed by atoms with Gasteiger partial charge in [-0.3, -0.25) is 9.59 Å². The minimum Gasteiger partial charge on any atom is -0.445 e. The molecule has 0 aromatic heterocycles. The molecular weight excluding hydrogens is 284 g/mol. The van der Waals surface area contributed by atoms with Gasteiger partial charge in [0.1, 0.15) is 12.6 Å². The van der Waals surface area contributed by atoms with Gasteiger partial charge in [-0.25, -0.2) is 4.79 Å². The van der Waals surface area contributed by atoms with Gasteiger partial charge in [-0.15, -0.1) is 0 Å². The fourth-order valence-electron chi connectivity index (χ4n) is 1.77. The van der Waals surface area contributed by atoms with Gasteiger partial charge in [0.15, 0.2) is 6.29 Å². The minimum absolute atomic E-state index is 0.107. The Hall–Kier alpha value is -2.37. The van der Waals surface area contributed by atoms with Crippen LogP contribution in [0.3, 0.4) is 0 Å². The highest BCUT2D eigenvalue weighted by Gasteiger charge is 2.24. The number of amides is 2. The molecular formula is C16H21N2O4. The Labute approximate surface area is 130 Å². The molecule has 0 aliphatic carbocycles. The lowest BCUT2D eigenvalue weighted by molar-refractivity contribution is -0.124. The second-order valence-corrected chi connectivity index (χ2v) is 5.11. The van der Waals surface area contributed by atoms with E-state index in [1.807, 2.05) is 44.2 Å². The molecule has 0 bridgehead atoms. The first kappa shape index (κ1) is 17.7. The van der Waals surface area contributed by atoms with Crippen LogP contribution in [0.2, 0.25) is 0 Å². The zero-order valence-electron chi connectivity index (χ0n) is 12.8. The number of rotatable bonds is 8. The lowest BCUT2D eigenvalue weighted by atomic mass is 10.0. The average Bonchev–Trinajstić information content (AvgIpc) is 2.51. The molecule has 0 aliphatic heterocycles. The van der Waals surface area contributed by atoms with Gasteiger partial charge in [0.25, 0.3) is 0 Å². The number of nitrogens with one attached hydrogen (secondary N) is 2. The molecule has 0 saturated carbocycles. The Morgan fingerprint density at radius 1 is 1.23 bits per heavy atom. The van der Waals surface area contributed by atoms with Crippen molar-refractivity contribution in [2.24, 2.45) is 5.92 Å². The molecule has 0 heterocycles. The number of benzene rings is 1. The Morgan fingerprint density at radius 3 is 2.50 bits per heavy atom. The molecule has 1 atom stereocenters. The van der Waals surface area contributed by atoms with Crippen LogP contribution in [-0.4, -0.2) is 30.9 Å². The highest BCUT2D eigenvalue weighted by Crippen LogP contribution is 2.04. The van der Waals surface area contributed by atoms with E-state index in [9.17, 15) is 14.4 Å². The van der Waals surface area contributed by atoms with Crippen LogP contribution in [0, 0.1) is 5.92 Å². The summed E-state index contributed by atoms with van der Waals surface area (Å²) in [4.78, 5) is 33.9. The molecule has 1 aromatic carbocycles. The molecule has 1 rings (SSSR count). The number of hydrogen-bond acceptors (Lipinski definition) is 4. The fourth-order valence-corrected chi connectivity index (χ4v) is 1.77. The molecule has 0 fully saturated rings. The minimum atomic E-state index is -0.713. The first-order valence-electron chi connectivity index (χ1n) is 7.14. The van der Waals surface area contributed by atoms with E-state index in [0.29, 0.717) is 0 Å². The van der Waals surface area contributed by atoms with Crippen LogP contribution in [0.5, 0.6) is 0 Å². The highest BCUT2D eigenvalue weighted by molar-refractivity contribution is 5.85. The van der Waals surface area contributed by atoms with Gasteiger partial charge < -0.3 is 15.4 Å². The third-order valence-electron chi connectivity index (χ3n) is 2.96. The summed E-state index contributed by atoms with van der Waals surface area (Å²) >= 11 is 0. The second-order valence-electron chi connectivity index (χ2n) is 5.11. The van der Waals surface area contributed by atoms with Crippen molar-refractivity contribution in [1.29, 1.82) is 0 Å². The summed E-state index contributed by atoms with van der Waals surface area (Å²) in [6.07, 6.45) is 1.16. The summed E-state index contributed by atoms with van der Waals surface area (Å²) in [5.74, 6) is -0.452. The van der Waals surface area contributed by atoms with Gasteiger partial charge in [0, 0.05) is 13.0 Å². The van der Waals surface area contributed by atoms with Crippen molar-refractivity contribution in [2.75, 3.05) is 6.54 Å². The predicted octanol–water partition coefficient (Wildman–Crippen LogP) is 1.55. The largest absolute Gasteiger partial charge is 0.445 e. The van der Waals surface area contributed by atoms with E-state index in [4.69, 9.17) is 4.74 Å². The van der Waals surface area contributed by atoms with E-state index in [2.05, 4.69) is 10.6 Å². The number of carbonyl (C=O) groups excluding carboxylic acids is 3. The zero-order chi connectivity index (χ0) is 16.4. The van der Waals surface area contributed by atoms with Gasteiger partial charge in [-0.2, -0.15) is 0 Å². The van der Waals surface area contributed by atoms with Crippen LogP contribution in [-0.2, 0) is 20.9 Å². The topological polar surface area (TPSA) is 84.5 Å². The van der Waals surface area contributed by atoms with Crippen molar-refractivity contribution in [1.82, 2.24) is 10.6 Å². The third-order valence-corrected chi connectivity index (χ3v) is 2.96. The van der Waals surface area contributed by atoms with E-state index in [-0.39, 0.29) is 31.4 Å². The van der Waals surface area contributed by atoms with Crippen molar-refractivity contribution in [3.8, 4) is 0 Å². The summed E-state index contributed by atoms with van der Waals surface area (Å²) < 4.78 is 5.09. The van der Waals surface area contributed by atoms with Crippen molar-refractivity contribution in [2.45, 2.75) is 32.9 Å². The normalized spacial score (nSPS) is 11.6. The summed E-state index contributed by atoms with van der Waals surface area (Å²) in [6, 6.07) is 8.55. The van der Waals surface area contributed by atoms with Crippen molar-refractivity contribution in [3.05, 3.63) is 35.9 Å². The van der Waals surface area contributed by atoms with E-state index in [0.717, 1.165) is 5.56 Å². The molecule has 1 aromatic rings. The SMILES string of the molecule is CC(C)[C@H](NC(=O)OCc1ccccc1)C(=O)NCC[C]=O. The van der Waals surface area contributed by atoms with Crippen LogP contribution >= 0.6 is 0 Å². The molecule has 0 aliphatic rings. The quantitative estimate of drug-likeness (QED) is 0.714. The maximum absolute atomic E-state index is 12.0. The Balaban J connectivity index is 2.46. The molecule has 0 unspecified atom stereocenters. The lowest BCUT2D eigenvalue weighted by Gasteiger charge is -2.21. The summed E-state index contributed by atoms with van der Waals surface area (Å²) in [6.45, 7) is 3.96. The van der Waals surface area contributed by atoms with Crippen LogP contribution < -0.4 is 10.6 Å². The monoisotopic (exact) mass is 305 g/mol. The van der Waals surface area contributed by atoms with Crippen LogP contribution in [0.4, 0.5) is 4.79 Å². The van der Waals surface area contributed by atoms with E-state index < -0.39 is 12.1 Å². The number of carbonyl (C=O) groups is 2. The first-order valence-corrected chi connectivity index (χ1v) is 7.14. The Bertz CT molecular complexity index is 488. The van der Waals surface area contributed by atoms with Crippen molar-refractivity contribution >= 4 is 18.3 Å². The van der Waals surface area contributed by atoms with E-state index in [1.54, 1.807) is 6.29 Å². The molecule has 6 nitrogen and oxygen atoms in total. The van der Waals surface area contributed by atoms with Gasteiger partial charge >= 0.3 is 6.09 Å². The summed E-state index contributed by atoms with van der Waals surface area (Å²) in [5.41, 5.74) is 0.865. The van der Waals surface area contributed by atoms with Crippen LogP contribution in [0.15, 0.2) is 30.3 Å². The molecule has 6 heteroatoms. The van der Waals surface area contributed by atoms with E-state index >= 15 is 0 Å². The Kier molecular flexibility index (Phi) is 7.67. The summed E-state index contributed by atoms with van der Waals surface area (Å²) in [7, 11) is 0. The van der Waals surface area contributed by atoms with Crippen LogP contribution in [0.1, 0.15) is 25.8 Å². The zero-order valence-corrected chi connectivity index (χ0v) is 12.8. The fraction of sp³-hybridized carbons (Fsp3) is 0.438. The van der Waals surface area contributed by atoms with Crippen molar-refractivity contribution < 1.29 is 19.1 Å². The molecule has 119 valence electrons. The molecule has 1 radical (unpaired) electrons. The van der Waals surface area contributed by atoms with Crippen molar-refractivity contribution in [3.63, 3.8) is 0 Å². The highest BCUT2D eigenvalue weighted by atomic mass is 16.5. The van der Waals surface area contributed by atoms with Gasteiger partial charge in [-0.1, -0.05) is 44.2 Å². The number of hydrogen-bond donors (Lipinski definition) is 2. The second kappa shape index (κ2) is 9.55. The molecule has 22 heavy (non-hydrogen) atoms. The van der Waals surface area contributed by atoms with Gasteiger partial charge in [0.2, 0.25) is 5.91 Å². The molecule has 2 N–H and O–H groups in total.